The zero-order valence-corrected chi connectivity index (χ0v) is 16.3. The number of ether oxygens (including phenoxy) is 2. The molecule has 1 aromatic heterocycles. The molecule has 11 heteroatoms. The van der Waals surface area contributed by atoms with Crippen molar-refractivity contribution in [2.45, 2.75) is 37.6 Å². The number of hydrogen-bond donors (Lipinski definition) is 2. The topological polar surface area (TPSA) is 118 Å². The molecule has 1 fully saturated rings. The van der Waals surface area contributed by atoms with Crippen molar-refractivity contribution in [1.29, 1.82) is 0 Å². The highest BCUT2D eigenvalue weighted by atomic mass is 19.3. The monoisotopic (exact) mass is 433 g/mol. The number of carbonyl (C=O) groups is 3. The molecule has 3 amide bonds. The predicted octanol–water partition coefficient (Wildman–Crippen LogP) is 2.43. The number of carbonyl (C=O) groups excluding carboxylic acids is 2. The second-order valence-electron chi connectivity index (χ2n) is 7.40. The Morgan fingerprint density at radius 2 is 1.84 bits per heavy atom. The predicted molar refractivity (Wildman–Crippen MR) is 99.5 cm³/mol. The number of pyridine rings is 1. The quantitative estimate of drug-likeness (QED) is 0.711. The van der Waals surface area contributed by atoms with Gasteiger partial charge in [0.15, 0.2) is 17.5 Å². The fourth-order valence-electron chi connectivity index (χ4n) is 3.80. The number of halogens is 2. The first-order valence-corrected chi connectivity index (χ1v) is 9.22. The zero-order chi connectivity index (χ0) is 22.6. The number of aromatic nitrogens is 1. The molecule has 0 spiro atoms. The van der Waals surface area contributed by atoms with Crippen LogP contribution in [0.15, 0.2) is 42.7 Å². The van der Waals surface area contributed by atoms with Gasteiger partial charge in [-0.2, -0.15) is 0 Å². The van der Waals surface area contributed by atoms with E-state index in [1.165, 1.54) is 49.6 Å². The third-order valence-corrected chi connectivity index (χ3v) is 5.47. The second kappa shape index (κ2) is 6.89. The first kappa shape index (κ1) is 20.5. The minimum absolute atomic E-state index is 0.149. The van der Waals surface area contributed by atoms with Crippen molar-refractivity contribution in [3.05, 3.63) is 53.9 Å². The van der Waals surface area contributed by atoms with E-state index in [1.54, 1.807) is 6.92 Å². The summed E-state index contributed by atoms with van der Waals surface area (Å²) < 4.78 is 35.1. The van der Waals surface area contributed by atoms with Crippen LogP contribution in [0.2, 0.25) is 0 Å². The van der Waals surface area contributed by atoms with E-state index in [2.05, 4.69) is 19.8 Å². The van der Waals surface area contributed by atoms with Crippen LogP contribution in [-0.4, -0.2) is 45.2 Å². The highest BCUT2D eigenvalue weighted by Gasteiger charge is 2.64. The number of fused-ring (bicyclic) bond motifs is 1. The number of urea groups is 1. The van der Waals surface area contributed by atoms with Crippen molar-refractivity contribution in [2.24, 2.45) is 0 Å². The number of β-lactam (4-membered cyclic amide) rings is 1. The molecule has 3 unspecified atom stereocenters. The Hall–Kier alpha value is -3.76. The van der Waals surface area contributed by atoms with Gasteiger partial charge in [-0.05, 0) is 49.2 Å². The van der Waals surface area contributed by atoms with Crippen LogP contribution in [0, 0.1) is 0 Å². The lowest BCUT2D eigenvalue weighted by atomic mass is 9.67. The molecule has 2 aromatic rings. The maximum atomic E-state index is 13.2. The number of nitrogens with zero attached hydrogens (tertiary/aromatic N) is 2. The van der Waals surface area contributed by atoms with Gasteiger partial charge in [-0.3, -0.25) is 9.78 Å². The van der Waals surface area contributed by atoms with E-state index in [4.69, 9.17) is 0 Å². The first-order valence-electron chi connectivity index (χ1n) is 9.22. The smallest absolute Gasteiger partial charge is 0.480 e. The Morgan fingerprint density at radius 1 is 1.19 bits per heavy atom. The number of alkyl halides is 2. The molecule has 1 aromatic carbocycles. The number of amides is 3. The average Bonchev–Trinajstić information content (AvgIpc) is 3.03. The third-order valence-electron chi connectivity index (χ3n) is 5.47. The molecule has 0 aliphatic carbocycles. The first-order chi connectivity index (χ1) is 14.5. The van der Waals surface area contributed by atoms with E-state index in [0.29, 0.717) is 16.0 Å². The maximum Gasteiger partial charge on any atom is 0.586 e. The number of hydrogen-bond acceptors (Lipinski definition) is 6. The van der Waals surface area contributed by atoms with E-state index in [9.17, 15) is 28.3 Å². The molecule has 0 saturated carbocycles. The summed E-state index contributed by atoms with van der Waals surface area (Å²) in [6.45, 7) is 3.00. The lowest BCUT2D eigenvalue weighted by molar-refractivity contribution is -0.286. The van der Waals surface area contributed by atoms with Gasteiger partial charge in [0.2, 0.25) is 5.91 Å². The normalized spacial score (nSPS) is 24.3. The van der Waals surface area contributed by atoms with Gasteiger partial charge >= 0.3 is 18.3 Å². The van der Waals surface area contributed by atoms with E-state index in [1.807, 2.05) is 0 Å². The molecule has 31 heavy (non-hydrogen) atoms. The van der Waals surface area contributed by atoms with Crippen LogP contribution in [0.5, 0.6) is 11.5 Å². The Kier molecular flexibility index (Phi) is 4.56. The van der Waals surface area contributed by atoms with Crippen molar-refractivity contribution in [3.8, 4) is 11.5 Å². The number of carboxylic acids is 1. The van der Waals surface area contributed by atoms with Gasteiger partial charge in [-0.25, -0.2) is 14.5 Å². The lowest BCUT2D eigenvalue weighted by Gasteiger charge is -2.50. The highest BCUT2D eigenvalue weighted by Crippen LogP contribution is 2.43. The van der Waals surface area contributed by atoms with E-state index >= 15 is 0 Å². The molecular weight excluding hydrogens is 416 g/mol. The third kappa shape index (κ3) is 3.22. The number of carboxylic acid groups (broad SMARTS) is 1. The van der Waals surface area contributed by atoms with Crippen molar-refractivity contribution in [3.63, 3.8) is 0 Å². The van der Waals surface area contributed by atoms with Crippen molar-refractivity contribution >= 4 is 17.9 Å². The van der Waals surface area contributed by atoms with Gasteiger partial charge in [0.1, 0.15) is 5.41 Å². The number of benzene rings is 1. The highest BCUT2D eigenvalue weighted by molar-refractivity contribution is 6.12. The van der Waals surface area contributed by atoms with Crippen molar-refractivity contribution in [2.75, 3.05) is 0 Å². The maximum absolute atomic E-state index is 13.2. The van der Waals surface area contributed by atoms with E-state index in [0.717, 1.165) is 0 Å². The molecule has 2 aliphatic rings. The van der Waals surface area contributed by atoms with Gasteiger partial charge in [0, 0.05) is 12.4 Å². The van der Waals surface area contributed by atoms with Crippen LogP contribution >= 0.6 is 0 Å². The SMILES string of the molecule is CC(NC(=O)N1C(=O)C(C)(c2ccncc2)C1C(=O)O)c1ccc2c(c1)OC(F)(F)O2. The Labute approximate surface area is 174 Å². The van der Waals surface area contributed by atoms with Crippen LogP contribution in [0.25, 0.3) is 0 Å². The van der Waals surface area contributed by atoms with Crippen LogP contribution < -0.4 is 14.8 Å². The second-order valence-corrected chi connectivity index (χ2v) is 7.40. The minimum Gasteiger partial charge on any atom is -0.480 e. The van der Waals surface area contributed by atoms with Gasteiger partial charge in [0.25, 0.3) is 0 Å². The summed E-state index contributed by atoms with van der Waals surface area (Å²) in [7, 11) is 0. The summed E-state index contributed by atoms with van der Waals surface area (Å²) in [5.74, 6) is -2.37. The molecule has 162 valence electrons. The average molecular weight is 433 g/mol. The molecule has 2 aliphatic heterocycles. The zero-order valence-electron chi connectivity index (χ0n) is 16.3. The van der Waals surface area contributed by atoms with Gasteiger partial charge in [0.05, 0.1) is 6.04 Å². The molecule has 3 heterocycles. The van der Waals surface area contributed by atoms with Crippen LogP contribution in [-0.2, 0) is 15.0 Å². The lowest BCUT2D eigenvalue weighted by Crippen LogP contribution is -2.75. The minimum atomic E-state index is -3.77. The van der Waals surface area contributed by atoms with Gasteiger partial charge in [-0.1, -0.05) is 6.07 Å². The van der Waals surface area contributed by atoms with Crippen molar-refractivity contribution in [1.82, 2.24) is 15.2 Å². The summed E-state index contributed by atoms with van der Waals surface area (Å²) in [6, 6.07) is 3.94. The molecule has 0 radical (unpaired) electrons. The summed E-state index contributed by atoms with van der Waals surface area (Å²) in [5, 5.41) is 12.2. The fourth-order valence-corrected chi connectivity index (χ4v) is 3.80. The molecule has 2 N–H and O–H groups in total. The standard InChI is InChI=1S/C20H17F2N3O6/c1-10(11-3-4-13-14(9-11)31-20(21,22)30-13)24-18(29)25-15(16(26)27)19(2,17(25)28)12-5-7-23-8-6-12/h3-10,15H,1-2H3,(H,24,29)(H,26,27). The van der Waals surface area contributed by atoms with Crippen LogP contribution in [0.3, 0.4) is 0 Å². The number of aliphatic carboxylic acids is 1. The Morgan fingerprint density at radius 3 is 2.48 bits per heavy atom. The number of nitrogens with one attached hydrogen (secondary N) is 1. The van der Waals surface area contributed by atoms with E-state index in [-0.39, 0.29) is 11.5 Å². The summed E-state index contributed by atoms with van der Waals surface area (Å²) in [6.07, 6.45) is -0.912. The van der Waals surface area contributed by atoms with Crippen LogP contribution in [0.4, 0.5) is 13.6 Å². The Bertz CT molecular complexity index is 1080. The number of rotatable bonds is 4. The van der Waals surface area contributed by atoms with Gasteiger partial charge < -0.3 is 19.9 Å². The largest absolute Gasteiger partial charge is 0.586 e. The molecular formula is C20H17F2N3O6. The molecule has 9 nitrogen and oxygen atoms in total. The summed E-state index contributed by atoms with van der Waals surface area (Å²) in [4.78, 5) is 42.0. The number of imide groups is 1. The fraction of sp³-hybridized carbons (Fsp3) is 0.300. The Balaban J connectivity index is 1.53. The van der Waals surface area contributed by atoms with Crippen LogP contribution in [0.1, 0.15) is 31.0 Å². The summed E-state index contributed by atoms with van der Waals surface area (Å²) in [5.41, 5.74) is -0.612. The number of likely N-dealkylation sites (tertiary alicyclic amines) is 1. The van der Waals surface area contributed by atoms with Gasteiger partial charge in [-0.15, -0.1) is 8.78 Å². The molecule has 3 atom stereocenters. The van der Waals surface area contributed by atoms with Crippen molar-refractivity contribution < 1.29 is 37.7 Å². The molecule has 4 rings (SSSR count). The summed E-state index contributed by atoms with van der Waals surface area (Å²) >= 11 is 0. The van der Waals surface area contributed by atoms with E-state index < -0.39 is 41.7 Å². The molecule has 0 bridgehead atoms. The molecule has 1 saturated heterocycles.